The van der Waals surface area contributed by atoms with Gasteiger partial charge in [0.25, 0.3) is 5.91 Å². The van der Waals surface area contributed by atoms with Crippen LogP contribution in [0.4, 0.5) is 5.69 Å². The van der Waals surface area contributed by atoms with Crippen LogP contribution in [0.2, 0.25) is 0 Å². The number of carbonyl (C=O) groups excluding carboxylic acids is 1. The van der Waals surface area contributed by atoms with Crippen molar-refractivity contribution in [2.75, 3.05) is 12.8 Å². The SMILES string of the molecule is Cc1ccc(C(=O)N(C)Cc2ccc(N)cc2)c(C)n1. The van der Waals surface area contributed by atoms with Crippen molar-refractivity contribution in [2.24, 2.45) is 0 Å². The Hall–Kier alpha value is -2.36. The van der Waals surface area contributed by atoms with Gasteiger partial charge in [0, 0.05) is 25.0 Å². The van der Waals surface area contributed by atoms with Crippen molar-refractivity contribution >= 4 is 11.6 Å². The highest BCUT2D eigenvalue weighted by molar-refractivity contribution is 5.95. The van der Waals surface area contributed by atoms with Crippen LogP contribution >= 0.6 is 0 Å². The van der Waals surface area contributed by atoms with Crippen LogP contribution in [0.3, 0.4) is 0 Å². The molecule has 4 heteroatoms. The lowest BCUT2D eigenvalue weighted by molar-refractivity contribution is 0.0784. The van der Waals surface area contributed by atoms with Gasteiger partial charge in [-0.2, -0.15) is 0 Å². The van der Waals surface area contributed by atoms with Gasteiger partial charge in [0.1, 0.15) is 0 Å². The molecule has 0 saturated heterocycles. The fourth-order valence-electron chi connectivity index (χ4n) is 2.09. The standard InChI is InChI=1S/C16H19N3O/c1-11-4-9-15(12(2)18-11)16(20)19(3)10-13-5-7-14(17)8-6-13/h4-9H,10,17H2,1-3H3. The summed E-state index contributed by atoms with van der Waals surface area (Å²) in [6.45, 7) is 4.32. The quantitative estimate of drug-likeness (QED) is 0.871. The summed E-state index contributed by atoms with van der Waals surface area (Å²) in [5.74, 6) is -0.0215. The van der Waals surface area contributed by atoms with Crippen LogP contribution < -0.4 is 5.73 Å². The Morgan fingerprint density at radius 2 is 1.80 bits per heavy atom. The fourth-order valence-corrected chi connectivity index (χ4v) is 2.09. The van der Waals surface area contributed by atoms with Gasteiger partial charge in [-0.3, -0.25) is 9.78 Å². The minimum Gasteiger partial charge on any atom is -0.399 e. The molecular weight excluding hydrogens is 250 g/mol. The number of rotatable bonds is 3. The highest BCUT2D eigenvalue weighted by Gasteiger charge is 2.15. The van der Waals surface area contributed by atoms with Gasteiger partial charge in [-0.25, -0.2) is 0 Å². The molecule has 2 rings (SSSR count). The Kier molecular flexibility index (Phi) is 4.03. The maximum absolute atomic E-state index is 12.4. The zero-order valence-corrected chi connectivity index (χ0v) is 12.1. The van der Waals surface area contributed by atoms with Crippen molar-refractivity contribution in [3.8, 4) is 0 Å². The van der Waals surface area contributed by atoms with Crippen LogP contribution in [0.25, 0.3) is 0 Å². The van der Waals surface area contributed by atoms with Crippen molar-refractivity contribution in [2.45, 2.75) is 20.4 Å². The summed E-state index contributed by atoms with van der Waals surface area (Å²) >= 11 is 0. The molecule has 0 aliphatic rings. The monoisotopic (exact) mass is 269 g/mol. The maximum Gasteiger partial charge on any atom is 0.255 e. The molecule has 0 unspecified atom stereocenters. The maximum atomic E-state index is 12.4. The molecule has 1 amide bonds. The first-order valence-electron chi connectivity index (χ1n) is 6.51. The second-order valence-electron chi connectivity index (χ2n) is 4.99. The lowest BCUT2D eigenvalue weighted by Crippen LogP contribution is -2.27. The Morgan fingerprint density at radius 3 is 2.40 bits per heavy atom. The van der Waals surface area contributed by atoms with Gasteiger partial charge in [-0.15, -0.1) is 0 Å². The number of amides is 1. The molecule has 0 aliphatic heterocycles. The normalized spacial score (nSPS) is 10.3. The van der Waals surface area contributed by atoms with Crippen molar-refractivity contribution in [3.63, 3.8) is 0 Å². The highest BCUT2D eigenvalue weighted by Crippen LogP contribution is 2.13. The zero-order valence-electron chi connectivity index (χ0n) is 12.1. The van der Waals surface area contributed by atoms with Crippen LogP contribution in [0.5, 0.6) is 0 Å². The van der Waals surface area contributed by atoms with Crippen LogP contribution in [0.1, 0.15) is 27.3 Å². The second kappa shape index (κ2) is 5.74. The van der Waals surface area contributed by atoms with Gasteiger partial charge in [0.05, 0.1) is 11.3 Å². The molecule has 0 radical (unpaired) electrons. The number of nitrogens with zero attached hydrogens (tertiary/aromatic N) is 2. The van der Waals surface area contributed by atoms with E-state index in [9.17, 15) is 4.79 Å². The van der Waals surface area contributed by atoms with E-state index >= 15 is 0 Å². The lowest BCUT2D eigenvalue weighted by Gasteiger charge is -2.18. The predicted molar refractivity (Wildman–Crippen MR) is 80.4 cm³/mol. The fraction of sp³-hybridized carbons (Fsp3) is 0.250. The number of aryl methyl sites for hydroxylation is 2. The number of carbonyl (C=O) groups is 1. The lowest BCUT2D eigenvalue weighted by atomic mass is 10.1. The Balaban J connectivity index is 2.14. The summed E-state index contributed by atoms with van der Waals surface area (Å²) in [6.07, 6.45) is 0. The van der Waals surface area contributed by atoms with Crippen LogP contribution in [0, 0.1) is 13.8 Å². The first kappa shape index (κ1) is 14.1. The number of hydrogen-bond acceptors (Lipinski definition) is 3. The van der Waals surface area contributed by atoms with E-state index in [0.717, 1.165) is 22.6 Å². The molecule has 0 spiro atoms. The van der Waals surface area contributed by atoms with E-state index < -0.39 is 0 Å². The molecule has 2 N–H and O–H groups in total. The third-order valence-electron chi connectivity index (χ3n) is 3.20. The van der Waals surface area contributed by atoms with Crippen molar-refractivity contribution in [1.29, 1.82) is 0 Å². The molecular formula is C16H19N3O. The Morgan fingerprint density at radius 1 is 1.15 bits per heavy atom. The summed E-state index contributed by atoms with van der Waals surface area (Å²) < 4.78 is 0. The second-order valence-corrected chi connectivity index (χ2v) is 4.99. The number of nitrogens with two attached hydrogens (primary N) is 1. The topological polar surface area (TPSA) is 59.2 Å². The first-order chi connectivity index (χ1) is 9.47. The summed E-state index contributed by atoms with van der Waals surface area (Å²) in [6, 6.07) is 11.2. The van der Waals surface area contributed by atoms with Crippen molar-refractivity contribution in [3.05, 3.63) is 58.9 Å². The number of anilines is 1. The molecule has 0 bridgehead atoms. The molecule has 1 heterocycles. The Bertz CT molecular complexity index is 620. The van der Waals surface area contributed by atoms with E-state index in [4.69, 9.17) is 5.73 Å². The largest absolute Gasteiger partial charge is 0.399 e. The average Bonchev–Trinajstić information content (AvgIpc) is 2.40. The number of nitrogen functional groups attached to an aromatic ring is 1. The third kappa shape index (κ3) is 3.15. The van der Waals surface area contributed by atoms with Gasteiger partial charge >= 0.3 is 0 Å². The molecule has 1 aromatic carbocycles. The summed E-state index contributed by atoms with van der Waals surface area (Å²) in [5, 5.41) is 0. The summed E-state index contributed by atoms with van der Waals surface area (Å²) in [7, 11) is 1.79. The number of hydrogen-bond donors (Lipinski definition) is 1. The smallest absolute Gasteiger partial charge is 0.255 e. The van der Waals surface area contributed by atoms with E-state index in [1.807, 2.05) is 50.2 Å². The molecule has 0 aliphatic carbocycles. The molecule has 0 fully saturated rings. The molecule has 2 aromatic rings. The van der Waals surface area contributed by atoms with Gasteiger partial charge in [0.2, 0.25) is 0 Å². The van der Waals surface area contributed by atoms with Gasteiger partial charge in [-0.1, -0.05) is 12.1 Å². The molecule has 0 atom stereocenters. The van der Waals surface area contributed by atoms with E-state index in [-0.39, 0.29) is 5.91 Å². The summed E-state index contributed by atoms with van der Waals surface area (Å²) in [5.41, 5.74) is 9.75. The van der Waals surface area contributed by atoms with E-state index in [1.54, 1.807) is 11.9 Å². The summed E-state index contributed by atoms with van der Waals surface area (Å²) in [4.78, 5) is 18.4. The van der Waals surface area contributed by atoms with Gasteiger partial charge < -0.3 is 10.6 Å². The number of pyridine rings is 1. The van der Waals surface area contributed by atoms with Crippen LogP contribution in [-0.4, -0.2) is 22.8 Å². The molecule has 0 saturated carbocycles. The minimum atomic E-state index is -0.0215. The molecule has 104 valence electrons. The van der Waals surface area contributed by atoms with E-state index in [2.05, 4.69) is 4.98 Å². The predicted octanol–water partition coefficient (Wildman–Crippen LogP) is 2.55. The average molecular weight is 269 g/mol. The van der Waals surface area contributed by atoms with Gasteiger partial charge in [-0.05, 0) is 43.7 Å². The number of aromatic nitrogens is 1. The minimum absolute atomic E-state index is 0.0215. The molecule has 1 aromatic heterocycles. The van der Waals surface area contributed by atoms with Crippen molar-refractivity contribution in [1.82, 2.24) is 9.88 Å². The van der Waals surface area contributed by atoms with Gasteiger partial charge in [0.15, 0.2) is 0 Å². The molecule has 4 nitrogen and oxygen atoms in total. The third-order valence-corrected chi connectivity index (χ3v) is 3.20. The van der Waals surface area contributed by atoms with Crippen LogP contribution in [0.15, 0.2) is 36.4 Å². The molecule has 20 heavy (non-hydrogen) atoms. The van der Waals surface area contributed by atoms with E-state index in [0.29, 0.717) is 12.1 Å². The first-order valence-corrected chi connectivity index (χ1v) is 6.51. The highest BCUT2D eigenvalue weighted by atomic mass is 16.2. The Labute approximate surface area is 119 Å². The van der Waals surface area contributed by atoms with Crippen molar-refractivity contribution < 1.29 is 4.79 Å². The number of benzene rings is 1. The van der Waals surface area contributed by atoms with Crippen LogP contribution in [-0.2, 0) is 6.54 Å². The zero-order chi connectivity index (χ0) is 14.7. The van der Waals surface area contributed by atoms with E-state index in [1.165, 1.54) is 0 Å².